The third kappa shape index (κ3) is 5.34. The summed E-state index contributed by atoms with van der Waals surface area (Å²) in [4.78, 5) is 25.9. The molecule has 1 amide bonds. The summed E-state index contributed by atoms with van der Waals surface area (Å²) >= 11 is 1.07. The Kier molecular flexibility index (Phi) is 7.79. The van der Waals surface area contributed by atoms with Gasteiger partial charge in [-0.05, 0) is 38.3 Å². The average molecular weight is 464 g/mol. The molecule has 2 heterocycles. The molecular weight excluding hydrogens is 430 g/mol. The second-order valence-corrected chi connectivity index (χ2v) is 9.72. The number of nitrogens with zero attached hydrogens (tertiary/aromatic N) is 1. The Bertz CT molecular complexity index is 1010. The van der Waals surface area contributed by atoms with Crippen molar-refractivity contribution in [3.63, 3.8) is 0 Å². The molecular formula is C23H33N3O5S. The molecule has 3 rings (SSSR count). The van der Waals surface area contributed by atoms with Gasteiger partial charge in [0.15, 0.2) is 11.4 Å². The van der Waals surface area contributed by atoms with Gasteiger partial charge in [0.2, 0.25) is 5.78 Å². The summed E-state index contributed by atoms with van der Waals surface area (Å²) in [6.07, 6.45) is 0. The number of aromatic hydroxyl groups is 1. The van der Waals surface area contributed by atoms with E-state index in [2.05, 4.69) is 31.4 Å². The topological polar surface area (TPSA) is 115 Å². The van der Waals surface area contributed by atoms with E-state index in [1.807, 2.05) is 19.9 Å². The number of hydrogen-bond donors (Lipinski definition) is 4. The van der Waals surface area contributed by atoms with Crippen molar-refractivity contribution in [2.24, 2.45) is 5.92 Å². The van der Waals surface area contributed by atoms with Crippen molar-refractivity contribution in [1.29, 1.82) is 0 Å². The second kappa shape index (κ2) is 9.79. The highest BCUT2D eigenvalue weighted by molar-refractivity contribution is 7.13. The standard InChI is InChI=1S/C19H23N3O5S.C4H10/c1-9-6-11(27-10(9)2)7-20-16-13(17(24)19(16,3)26)21-12-8-28-15(14(12)23)18(25)22(4)5;1-4(2)3/h6,8,20-21,23,26H,7H2,1-5H3;4H,1-3H3. The highest BCUT2D eigenvalue weighted by Gasteiger charge is 2.49. The van der Waals surface area contributed by atoms with E-state index in [9.17, 15) is 19.8 Å². The molecule has 176 valence electrons. The molecule has 1 atom stereocenters. The van der Waals surface area contributed by atoms with Crippen LogP contribution >= 0.6 is 11.3 Å². The number of carbonyl (C=O) groups is 2. The van der Waals surface area contributed by atoms with E-state index in [0.29, 0.717) is 18.0 Å². The predicted octanol–water partition coefficient (Wildman–Crippen LogP) is 3.77. The Morgan fingerprint density at radius 3 is 2.38 bits per heavy atom. The van der Waals surface area contributed by atoms with Crippen molar-refractivity contribution in [3.05, 3.63) is 44.8 Å². The fourth-order valence-electron chi connectivity index (χ4n) is 2.87. The molecule has 8 nitrogen and oxygen atoms in total. The number of Topliss-reactive ketones (excluding diaryl/α,β-unsaturated/α-hetero) is 1. The van der Waals surface area contributed by atoms with Crippen LogP contribution in [0.25, 0.3) is 0 Å². The van der Waals surface area contributed by atoms with Crippen LogP contribution in [0.4, 0.5) is 5.69 Å². The number of carbonyl (C=O) groups excluding carboxylic acids is 2. The maximum absolute atomic E-state index is 12.3. The molecule has 0 bridgehead atoms. The zero-order valence-electron chi connectivity index (χ0n) is 19.9. The number of hydrogen-bond acceptors (Lipinski definition) is 8. The lowest BCUT2D eigenvalue weighted by Gasteiger charge is -2.37. The Hall–Kier alpha value is -2.78. The summed E-state index contributed by atoms with van der Waals surface area (Å²) in [7, 11) is 3.17. The first-order valence-electron chi connectivity index (χ1n) is 10.4. The molecule has 0 aromatic carbocycles. The maximum Gasteiger partial charge on any atom is 0.267 e. The molecule has 0 spiro atoms. The summed E-state index contributed by atoms with van der Waals surface area (Å²) < 4.78 is 5.60. The lowest BCUT2D eigenvalue weighted by atomic mass is 9.81. The molecule has 2 aromatic heterocycles. The number of anilines is 1. The monoisotopic (exact) mass is 463 g/mol. The Balaban J connectivity index is 0.000000837. The van der Waals surface area contributed by atoms with Crippen LogP contribution in [0.15, 0.2) is 27.3 Å². The lowest BCUT2D eigenvalue weighted by molar-refractivity contribution is -0.132. The third-order valence-electron chi connectivity index (χ3n) is 4.69. The Labute approximate surface area is 192 Å². The summed E-state index contributed by atoms with van der Waals surface area (Å²) in [5.41, 5.74) is 0.0320. The van der Waals surface area contributed by atoms with Crippen LogP contribution in [-0.4, -0.2) is 46.5 Å². The minimum atomic E-state index is -1.66. The number of ketones is 1. The number of aliphatic hydroxyl groups is 1. The van der Waals surface area contributed by atoms with Gasteiger partial charge in [-0.15, -0.1) is 11.3 Å². The molecule has 0 radical (unpaired) electrons. The van der Waals surface area contributed by atoms with Gasteiger partial charge in [-0.1, -0.05) is 20.8 Å². The molecule has 1 unspecified atom stereocenters. The summed E-state index contributed by atoms with van der Waals surface area (Å²) in [5, 5.41) is 28.2. The van der Waals surface area contributed by atoms with Gasteiger partial charge >= 0.3 is 0 Å². The number of thiophene rings is 1. The van der Waals surface area contributed by atoms with Crippen molar-refractivity contribution in [2.45, 2.75) is 53.7 Å². The van der Waals surface area contributed by atoms with Crippen LogP contribution in [-0.2, 0) is 11.3 Å². The number of nitrogens with one attached hydrogen (secondary N) is 2. The molecule has 0 saturated heterocycles. The molecule has 2 aromatic rings. The lowest BCUT2D eigenvalue weighted by Crippen LogP contribution is -2.55. The minimum absolute atomic E-state index is 0.141. The van der Waals surface area contributed by atoms with Crippen LogP contribution in [0.2, 0.25) is 0 Å². The van der Waals surface area contributed by atoms with E-state index in [4.69, 9.17) is 4.42 Å². The summed E-state index contributed by atoms with van der Waals surface area (Å²) in [6, 6.07) is 1.88. The van der Waals surface area contributed by atoms with Gasteiger partial charge in [0.05, 0.1) is 17.9 Å². The Morgan fingerprint density at radius 1 is 1.28 bits per heavy atom. The first-order valence-corrected chi connectivity index (χ1v) is 11.3. The van der Waals surface area contributed by atoms with Gasteiger partial charge in [-0.3, -0.25) is 9.59 Å². The zero-order valence-corrected chi connectivity index (χ0v) is 20.7. The molecule has 4 N–H and O–H groups in total. The van der Waals surface area contributed by atoms with Crippen molar-refractivity contribution in [1.82, 2.24) is 10.2 Å². The molecule has 0 aliphatic heterocycles. The Morgan fingerprint density at radius 2 is 1.88 bits per heavy atom. The highest BCUT2D eigenvalue weighted by Crippen LogP contribution is 2.40. The minimum Gasteiger partial charge on any atom is -0.504 e. The van der Waals surface area contributed by atoms with E-state index in [1.54, 1.807) is 19.5 Å². The zero-order chi connectivity index (χ0) is 24.4. The van der Waals surface area contributed by atoms with Gasteiger partial charge in [-0.2, -0.15) is 0 Å². The largest absolute Gasteiger partial charge is 0.504 e. The van der Waals surface area contributed by atoms with Gasteiger partial charge < -0.3 is 30.2 Å². The van der Waals surface area contributed by atoms with Gasteiger partial charge in [0.25, 0.3) is 5.91 Å². The van der Waals surface area contributed by atoms with Crippen molar-refractivity contribution in [3.8, 4) is 5.75 Å². The second-order valence-electron chi connectivity index (χ2n) is 8.84. The van der Waals surface area contributed by atoms with Gasteiger partial charge in [0.1, 0.15) is 22.1 Å². The molecule has 1 aliphatic carbocycles. The number of aryl methyl sites for hydroxylation is 2. The fourth-order valence-corrected chi connectivity index (χ4v) is 3.78. The number of rotatable bonds is 6. The van der Waals surface area contributed by atoms with Crippen molar-refractivity contribution < 1.29 is 24.2 Å². The van der Waals surface area contributed by atoms with Crippen LogP contribution in [0.1, 0.15) is 54.5 Å². The molecule has 9 heteroatoms. The highest BCUT2D eigenvalue weighted by atomic mass is 32.1. The van der Waals surface area contributed by atoms with Crippen LogP contribution in [0.5, 0.6) is 5.75 Å². The van der Waals surface area contributed by atoms with Gasteiger partial charge in [-0.25, -0.2) is 0 Å². The van der Waals surface area contributed by atoms with E-state index in [0.717, 1.165) is 28.6 Å². The summed E-state index contributed by atoms with van der Waals surface area (Å²) in [6.45, 7) is 12.0. The molecule has 32 heavy (non-hydrogen) atoms. The quantitative estimate of drug-likeness (QED) is 0.515. The SMILES string of the molecule is CC(C)C.Cc1cc(CNC2=C(Nc3csc(C(=O)N(C)C)c3O)C(=O)C2(C)O)oc1C. The third-order valence-corrected chi connectivity index (χ3v) is 5.64. The van der Waals surface area contributed by atoms with E-state index in [-0.39, 0.29) is 27.9 Å². The van der Waals surface area contributed by atoms with Crippen LogP contribution in [0, 0.1) is 19.8 Å². The maximum atomic E-state index is 12.3. The first-order chi connectivity index (χ1) is 14.8. The predicted molar refractivity (Wildman–Crippen MR) is 126 cm³/mol. The average Bonchev–Trinajstić information content (AvgIpc) is 3.21. The van der Waals surface area contributed by atoms with Crippen LogP contribution < -0.4 is 10.6 Å². The molecule has 0 fully saturated rings. The normalized spacial score (nSPS) is 17.6. The van der Waals surface area contributed by atoms with E-state index < -0.39 is 11.4 Å². The fraction of sp³-hybridized carbons (Fsp3) is 0.478. The van der Waals surface area contributed by atoms with Crippen molar-refractivity contribution in [2.75, 3.05) is 19.4 Å². The van der Waals surface area contributed by atoms with Crippen LogP contribution in [0.3, 0.4) is 0 Å². The molecule has 0 saturated carbocycles. The summed E-state index contributed by atoms with van der Waals surface area (Å²) in [5.74, 6) is 1.24. The van der Waals surface area contributed by atoms with E-state index >= 15 is 0 Å². The van der Waals surface area contributed by atoms with Gasteiger partial charge in [0, 0.05) is 19.5 Å². The number of amides is 1. The first kappa shape index (κ1) is 25.5. The smallest absolute Gasteiger partial charge is 0.267 e. The molecule has 1 aliphatic rings. The number of furan rings is 1. The van der Waals surface area contributed by atoms with Crippen molar-refractivity contribution >= 4 is 28.7 Å². The van der Waals surface area contributed by atoms with E-state index in [1.165, 1.54) is 11.8 Å².